The molecule has 0 fully saturated rings. The number of rotatable bonds is 5. The van der Waals surface area contributed by atoms with Crippen molar-refractivity contribution in [3.05, 3.63) is 35.9 Å². The first kappa shape index (κ1) is 15.3. The predicted molar refractivity (Wildman–Crippen MR) is 65.9 cm³/mol. The Hall–Kier alpha value is -1.77. The van der Waals surface area contributed by atoms with Gasteiger partial charge in [0.15, 0.2) is 0 Å². The van der Waals surface area contributed by atoms with Crippen molar-refractivity contribution in [2.45, 2.75) is 12.5 Å². The van der Waals surface area contributed by atoms with Gasteiger partial charge in [-0.05, 0) is 12.1 Å². The first-order valence-corrected chi connectivity index (χ1v) is 6.89. The Morgan fingerprint density at radius 1 is 1.26 bits per heavy atom. The highest BCUT2D eigenvalue weighted by Crippen LogP contribution is 2.03. The molecule has 1 aromatic carbocycles. The zero-order chi connectivity index (χ0) is 14.5. The minimum absolute atomic E-state index is 0.194. The Labute approximate surface area is 110 Å². The third-order valence-corrected chi connectivity index (χ3v) is 2.92. The van der Waals surface area contributed by atoms with Crippen molar-refractivity contribution in [2.24, 2.45) is 5.73 Å². The molecular weight excluding hydrogens is 274 g/mol. The van der Waals surface area contributed by atoms with E-state index in [-0.39, 0.29) is 5.56 Å². The first-order valence-electron chi connectivity index (χ1n) is 5.29. The molecule has 0 aliphatic heterocycles. The van der Waals surface area contributed by atoms with Crippen LogP contribution in [-0.2, 0) is 19.6 Å². The Morgan fingerprint density at radius 2 is 1.84 bits per heavy atom. The molecule has 0 aliphatic carbocycles. The summed E-state index contributed by atoms with van der Waals surface area (Å²) in [7, 11) is -4.27. The van der Waals surface area contributed by atoms with Gasteiger partial charge >= 0.3 is 11.9 Å². The SMILES string of the molecule is N[C@@H](CC(=O)OC(=O)c1ccccc1)CS(=O)(=O)O. The van der Waals surface area contributed by atoms with Crippen molar-refractivity contribution in [2.75, 3.05) is 5.75 Å². The predicted octanol–water partition coefficient (Wildman–Crippen LogP) is -0.0248. The van der Waals surface area contributed by atoms with Crippen LogP contribution in [0.3, 0.4) is 0 Å². The van der Waals surface area contributed by atoms with Crippen molar-refractivity contribution in [3.63, 3.8) is 0 Å². The normalized spacial score (nSPS) is 12.7. The summed E-state index contributed by atoms with van der Waals surface area (Å²) in [6.45, 7) is 0. The fourth-order valence-corrected chi connectivity index (χ4v) is 1.98. The van der Waals surface area contributed by atoms with Crippen molar-refractivity contribution in [1.82, 2.24) is 0 Å². The molecule has 0 spiro atoms. The van der Waals surface area contributed by atoms with Gasteiger partial charge in [0.2, 0.25) is 0 Å². The molecule has 0 aromatic heterocycles. The van der Waals surface area contributed by atoms with Crippen LogP contribution in [0.5, 0.6) is 0 Å². The largest absolute Gasteiger partial charge is 0.389 e. The lowest BCUT2D eigenvalue weighted by molar-refractivity contribution is -0.138. The van der Waals surface area contributed by atoms with Gasteiger partial charge in [0.05, 0.1) is 17.7 Å². The van der Waals surface area contributed by atoms with E-state index in [4.69, 9.17) is 10.3 Å². The van der Waals surface area contributed by atoms with Crippen molar-refractivity contribution < 1.29 is 27.3 Å². The minimum Gasteiger partial charge on any atom is -0.389 e. The third kappa shape index (κ3) is 6.09. The molecule has 0 aliphatic rings. The van der Waals surface area contributed by atoms with E-state index < -0.39 is 40.3 Å². The first-order chi connectivity index (χ1) is 8.78. The average Bonchev–Trinajstić information content (AvgIpc) is 2.27. The fourth-order valence-electron chi connectivity index (χ4n) is 1.32. The molecule has 8 heteroatoms. The lowest BCUT2D eigenvalue weighted by atomic mass is 10.2. The van der Waals surface area contributed by atoms with Gasteiger partial charge in [0.1, 0.15) is 0 Å². The van der Waals surface area contributed by atoms with E-state index in [0.717, 1.165) is 0 Å². The van der Waals surface area contributed by atoms with Gasteiger partial charge in [-0.25, -0.2) is 4.79 Å². The van der Waals surface area contributed by atoms with Gasteiger partial charge in [-0.2, -0.15) is 8.42 Å². The number of nitrogens with two attached hydrogens (primary N) is 1. The number of carbonyl (C=O) groups is 2. The second kappa shape index (κ2) is 6.41. The second-order valence-electron chi connectivity index (χ2n) is 3.84. The number of benzene rings is 1. The molecule has 1 aromatic rings. The molecule has 0 amide bonds. The van der Waals surface area contributed by atoms with E-state index in [1.807, 2.05) is 0 Å². The van der Waals surface area contributed by atoms with Crippen LogP contribution in [0.15, 0.2) is 30.3 Å². The van der Waals surface area contributed by atoms with E-state index in [1.54, 1.807) is 18.2 Å². The Kier molecular flexibility index (Phi) is 5.16. The van der Waals surface area contributed by atoms with Gasteiger partial charge in [0.25, 0.3) is 10.1 Å². The van der Waals surface area contributed by atoms with E-state index in [1.165, 1.54) is 12.1 Å². The van der Waals surface area contributed by atoms with Crippen molar-refractivity contribution in [3.8, 4) is 0 Å². The number of ether oxygens (including phenoxy) is 1. The van der Waals surface area contributed by atoms with Crippen molar-refractivity contribution in [1.29, 1.82) is 0 Å². The number of esters is 2. The van der Waals surface area contributed by atoms with Crippen LogP contribution in [-0.4, -0.2) is 36.7 Å². The molecule has 19 heavy (non-hydrogen) atoms. The fraction of sp³-hybridized carbons (Fsp3) is 0.273. The number of carbonyl (C=O) groups excluding carboxylic acids is 2. The number of hydrogen-bond donors (Lipinski definition) is 2. The van der Waals surface area contributed by atoms with Gasteiger partial charge in [0, 0.05) is 6.04 Å². The summed E-state index contributed by atoms with van der Waals surface area (Å²) in [6, 6.07) is 6.70. The maximum atomic E-state index is 11.5. The monoisotopic (exact) mass is 287 g/mol. The Bertz CT molecular complexity index is 554. The molecule has 0 saturated carbocycles. The summed E-state index contributed by atoms with van der Waals surface area (Å²) in [6.07, 6.45) is -0.488. The van der Waals surface area contributed by atoms with Crippen LogP contribution in [0.1, 0.15) is 16.8 Å². The molecule has 0 saturated heterocycles. The lowest BCUT2D eigenvalue weighted by Crippen LogP contribution is -2.32. The Balaban J connectivity index is 2.50. The lowest BCUT2D eigenvalue weighted by Gasteiger charge is -2.08. The highest BCUT2D eigenvalue weighted by Gasteiger charge is 2.19. The quantitative estimate of drug-likeness (QED) is 0.443. The van der Waals surface area contributed by atoms with Crippen LogP contribution in [0, 0.1) is 0 Å². The molecular formula is C11H13NO6S. The van der Waals surface area contributed by atoms with E-state index in [0.29, 0.717) is 0 Å². The van der Waals surface area contributed by atoms with E-state index in [2.05, 4.69) is 4.74 Å². The highest BCUT2D eigenvalue weighted by atomic mass is 32.2. The molecule has 1 rings (SSSR count). The molecule has 0 bridgehead atoms. The molecule has 0 radical (unpaired) electrons. The molecule has 0 unspecified atom stereocenters. The summed E-state index contributed by atoms with van der Waals surface area (Å²) in [4.78, 5) is 22.8. The van der Waals surface area contributed by atoms with Crippen LogP contribution < -0.4 is 5.73 Å². The zero-order valence-electron chi connectivity index (χ0n) is 9.85. The van der Waals surface area contributed by atoms with Gasteiger partial charge in [-0.3, -0.25) is 9.35 Å². The van der Waals surface area contributed by atoms with E-state index >= 15 is 0 Å². The second-order valence-corrected chi connectivity index (χ2v) is 5.34. The van der Waals surface area contributed by atoms with Crippen LogP contribution >= 0.6 is 0 Å². The summed E-state index contributed by atoms with van der Waals surface area (Å²) in [5.74, 6) is -2.57. The standard InChI is InChI=1S/C11H13NO6S/c12-9(7-19(15,16)17)6-10(13)18-11(14)8-4-2-1-3-5-8/h1-5,9H,6-7,12H2,(H,15,16,17)/t9-/m0/s1. The molecule has 3 N–H and O–H groups in total. The summed E-state index contributed by atoms with van der Waals surface area (Å²) in [5.41, 5.74) is 5.52. The maximum absolute atomic E-state index is 11.5. The third-order valence-electron chi connectivity index (χ3n) is 2.07. The van der Waals surface area contributed by atoms with Crippen LogP contribution in [0.25, 0.3) is 0 Å². The van der Waals surface area contributed by atoms with Crippen LogP contribution in [0.4, 0.5) is 0 Å². The average molecular weight is 287 g/mol. The van der Waals surface area contributed by atoms with Gasteiger partial charge < -0.3 is 10.5 Å². The highest BCUT2D eigenvalue weighted by molar-refractivity contribution is 7.85. The summed E-state index contributed by atoms with van der Waals surface area (Å²) in [5, 5.41) is 0. The molecule has 104 valence electrons. The summed E-state index contributed by atoms with van der Waals surface area (Å²) < 4.78 is 34.1. The Morgan fingerprint density at radius 3 is 2.37 bits per heavy atom. The van der Waals surface area contributed by atoms with Gasteiger partial charge in [-0.15, -0.1) is 0 Å². The smallest absolute Gasteiger partial charge is 0.345 e. The topological polar surface area (TPSA) is 124 Å². The van der Waals surface area contributed by atoms with Crippen LogP contribution in [0.2, 0.25) is 0 Å². The molecule has 1 atom stereocenters. The minimum atomic E-state index is -4.27. The molecule has 7 nitrogen and oxygen atoms in total. The van der Waals surface area contributed by atoms with Crippen molar-refractivity contribution >= 4 is 22.1 Å². The van der Waals surface area contributed by atoms with E-state index in [9.17, 15) is 18.0 Å². The molecule has 0 heterocycles. The summed E-state index contributed by atoms with van der Waals surface area (Å²) >= 11 is 0. The number of hydrogen-bond acceptors (Lipinski definition) is 6. The zero-order valence-corrected chi connectivity index (χ0v) is 10.7. The van der Waals surface area contributed by atoms with Gasteiger partial charge in [-0.1, -0.05) is 18.2 Å². The maximum Gasteiger partial charge on any atom is 0.345 e.